The van der Waals surface area contributed by atoms with Crippen LogP contribution in [0, 0.1) is 0 Å². The van der Waals surface area contributed by atoms with Crippen LogP contribution in [-0.4, -0.2) is 28.7 Å². The summed E-state index contributed by atoms with van der Waals surface area (Å²) in [7, 11) is -3.42. The number of hydrogen-bond acceptors (Lipinski definition) is 3. The summed E-state index contributed by atoms with van der Waals surface area (Å²) in [6.45, 7) is 13.9. The van der Waals surface area contributed by atoms with E-state index in [-0.39, 0.29) is 5.97 Å². The summed E-state index contributed by atoms with van der Waals surface area (Å²) < 4.78 is 11.0. The van der Waals surface area contributed by atoms with Gasteiger partial charge in [-0.25, -0.2) is 0 Å². The Bertz CT molecular complexity index is 203. The third-order valence-corrected chi connectivity index (χ3v) is 3.14. The van der Waals surface area contributed by atoms with Gasteiger partial charge in [0.05, 0.1) is 0 Å². The summed E-state index contributed by atoms with van der Waals surface area (Å²) in [6, 6.07) is 0. The number of hydrogen-bond donors (Lipinski definition) is 0. The first-order valence-electron chi connectivity index (χ1n) is 4.92. The molecule has 14 heavy (non-hydrogen) atoms. The highest BCUT2D eigenvalue weighted by molar-refractivity contribution is 6.71. The molecule has 0 rings (SSSR count). The summed E-state index contributed by atoms with van der Waals surface area (Å²) in [5, 5.41) is 0. The van der Waals surface area contributed by atoms with Crippen LogP contribution in [0.15, 0.2) is 0 Å². The zero-order valence-corrected chi connectivity index (χ0v) is 12.3. The molecular formula is C9H22O3Si2. The van der Waals surface area contributed by atoms with Crippen molar-refractivity contribution >= 4 is 22.6 Å². The van der Waals surface area contributed by atoms with Gasteiger partial charge in [-0.3, -0.25) is 4.79 Å². The van der Waals surface area contributed by atoms with Gasteiger partial charge >= 0.3 is 5.97 Å². The summed E-state index contributed by atoms with van der Waals surface area (Å²) >= 11 is 0. The highest BCUT2D eigenvalue weighted by atomic mass is 28.4. The van der Waals surface area contributed by atoms with Gasteiger partial charge in [0.25, 0.3) is 0 Å². The lowest BCUT2D eigenvalue weighted by Gasteiger charge is -2.25. The number of carbonyl (C=O) groups excluding carboxylic acids is 1. The first kappa shape index (κ1) is 13.9. The predicted octanol–water partition coefficient (Wildman–Crippen LogP) is 2.60. The van der Waals surface area contributed by atoms with E-state index in [4.69, 9.17) is 8.85 Å². The maximum absolute atomic E-state index is 11.5. The standard InChI is InChI=1S/C9H22O3Si2/c1-8(11-13(2,3)4)9(10)12-14(5,6)7/h8H,1-7H3/t8-/m1/s1. The van der Waals surface area contributed by atoms with Crippen molar-refractivity contribution in [1.82, 2.24) is 0 Å². The van der Waals surface area contributed by atoms with E-state index in [0.717, 1.165) is 0 Å². The fourth-order valence-corrected chi connectivity index (χ4v) is 2.89. The SMILES string of the molecule is C[C@@H](O[Si](C)(C)C)C(=O)O[Si](C)(C)C. The minimum atomic E-state index is -1.77. The Morgan fingerprint density at radius 2 is 1.43 bits per heavy atom. The lowest BCUT2D eigenvalue weighted by molar-refractivity contribution is -0.142. The molecule has 0 saturated heterocycles. The molecule has 0 saturated carbocycles. The Kier molecular flexibility index (Phi) is 4.54. The lowest BCUT2D eigenvalue weighted by atomic mass is 10.4. The molecule has 3 nitrogen and oxygen atoms in total. The predicted molar refractivity (Wildman–Crippen MR) is 63.3 cm³/mol. The third kappa shape index (κ3) is 7.28. The van der Waals surface area contributed by atoms with Crippen LogP contribution in [0.4, 0.5) is 0 Å². The molecule has 0 aromatic rings. The van der Waals surface area contributed by atoms with Gasteiger partial charge in [0.15, 0.2) is 8.32 Å². The van der Waals surface area contributed by atoms with Gasteiger partial charge in [0.1, 0.15) is 6.10 Å². The average Bonchev–Trinajstić information content (AvgIpc) is 1.78. The number of carbonyl (C=O) groups is 1. The first-order valence-corrected chi connectivity index (χ1v) is 11.7. The van der Waals surface area contributed by atoms with Crippen molar-refractivity contribution in [2.24, 2.45) is 0 Å². The zero-order valence-electron chi connectivity index (χ0n) is 10.3. The van der Waals surface area contributed by atoms with Crippen molar-refractivity contribution in [3.63, 3.8) is 0 Å². The molecule has 0 heterocycles. The number of rotatable bonds is 4. The van der Waals surface area contributed by atoms with Crippen LogP contribution in [0.2, 0.25) is 39.3 Å². The third-order valence-electron chi connectivity index (χ3n) is 1.27. The Labute approximate surface area is 89.1 Å². The molecule has 0 aromatic heterocycles. The minimum absolute atomic E-state index is 0.216. The summed E-state index contributed by atoms with van der Waals surface area (Å²) in [6.07, 6.45) is -0.423. The Hall–Kier alpha value is -0.136. The smallest absolute Gasteiger partial charge is 0.320 e. The average molecular weight is 234 g/mol. The van der Waals surface area contributed by atoms with Crippen LogP contribution in [0.25, 0.3) is 0 Å². The normalized spacial score (nSPS) is 15.1. The van der Waals surface area contributed by atoms with Gasteiger partial charge in [-0.05, 0) is 46.2 Å². The van der Waals surface area contributed by atoms with Crippen molar-refractivity contribution in [3.05, 3.63) is 0 Å². The fourth-order valence-electron chi connectivity index (χ4n) is 0.963. The highest BCUT2D eigenvalue weighted by Crippen LogP contribution is 2.11. The van der Waals surface area contributed by atoms with Gasteiger partial charge in [-0.15, -0.1) is 0 Å². The van der Waals surface area contributed by atoms with Gasteiger partial charge in [-0.2, -0.15) is 0 Å². The van der Waals surface area contributed by atoms with E-state index < -0.39 is 22.7 Å². The molecule has 0 fully saturated rings. The van der Waals surface area contributed by atoms with E-state index in [2.05, 4.69) is 19.6 Å². The molecule has 0 N–H and O–H groups in total. The van der Waals surface area contributed by atoms with Crippen LogP contribution in [0.5, 0.6) is 0 Å². The molecule has 0 bridgehead atoms. The summed E-state index contributed by atoms with van der Waals surface area (Å²) in [4.78, 5) is 11.5. The Balaban J connectivity index is 4.15. The first-order chi connectivity index (χ1) is 6.01. The highest BCUT2D eigenvalue weighted by Gasteiger charge is 2.27. The van der Waals surface area contributed by atoms with Gasteiger partial charge in [-0.1, -0.05) is 0 Å². The van der Waals surface area contributed by atoms with Crippen LogP contribution in [0.1, 0.15) is 6.92 Å². The van der Waals surface area contributed by atoms with Crippen LogP contribution >= 0.6 is 0 Å². The molecule has 0 unspecified atom stereocenters. The van der Waals surface area contributed by atoms with Crippen LogP contribution in [-0.2, 0) is 13.6 Å². The molecule has 0 aromatic carbocycles. The van der Waals surface area contributed by atoms with Gasteiger partial charge in [0, 0.05) is 0 Å². The largest absolute Gasteiger partial charge is 0.518 e. The summed E-state index contributed by atoms with van der Waals surface area (Å²) in [5.74, 6) is -0.216. The molecule has 0 aliphatic carbocycles. The fraction of sp³-hybridized carbons (Fsp3) is 0.889. The van der Waals surface area contributed by atoms with Crippen LogP contribution < -0.4 is 0 Å². The van der Waals surface area contributed by atoms with Crippen molar-refractivity contribution in [2.45, 2.75) is 52.3 Å². The quantitative estimate of drug-likeness (QED) is 0.702. The second kappa shape index (κ2) is 4.59. The van der Waals surface area contributed by atoms with E-state index in [1.54, 1.807) is 6.92 Å². The molecule has 0 spiro atoms. The van der Waals surface area contributed by atoms with Crippen molar-refractivity contribution < 1.29 is 13.6 Å². The van der Waals surface area contributed by atoms with Crippen molar-refractivity contribution in [2.75, 3.05) is 0 Å². The van der Waals surface area contributed by atoms with E-state index in [1.807, 2.05) is 19.6 Å². The molecule has 0 aliphatic heterocycles. The molecule has 5 heteroatoms. The van der Waals surface area contributed by atoms with Gasteiger partial charge < -0.3 is 8.85 Å². The van der Waals surface area contributed by atoms with E-state index >= 15 is 0 Å². The Morgan fingerprint density at radius 3 is 1.71 bits per heavy atom. The lowest BCUT2D eigenvalue weighted by Crippen LogP contribution is -2.40. The zero-order chi connectivity index (χ0) is 11.6. The minimum Gasteiger partial charge on any atom is -0.518 e. The molecule has 0 amide bonds. The van der Waals surface area contributed by atoms with E-state index in [9.17, 15) is 4.79 Å². The maximum atomic E-state index is 11.5. The monoisotopic (exact) mass is 234 g/mol. The van der Waals surface area contributed by atoms with E-state index in [1.165, 1.54) is 0 Å². The molecule has 1 atom stereocenters. The summed E-state index contributed by atoms with van der Waals surface area (Å²) in [5.41, 5.74) is 0. The van der Waals surface area contributed by atoms with Crippen molar-refractivity contribution in [3.8, 4) is 0 Å². The maximum Gasteiger partial charge on any atom is 0.320 e. The topological polar surface area (TPSA) is 35.5 Å². The Morgan fingerprint density at radius 1 is 1.00 bits per heavy atom. The second-order valence-electron chi connectivity index (χ2n) is 5.41. The molecular weight excluding hydrogens is 212 g/mol. The molecule has 84 valence electrons. The molecule has 0 radical (unpaired) electrons. The second-order valence-corrected chi connectivity index (χ2v) is 14.3. The van der Waals surface area contributed by atoms with Crippen LogP contribution in [0.3, 0.4) is 0 Å². The van der Waals surface area contributed by atoms with Gasteiger partial charge in [0.2, 0.25) is 8.32 Å². The molecule has 0 aliphatic rings. The van der Waals surface area contributed by atoms with Crippen molar-refractivity contribution in [1.29, 1.82) is 0 Å². The van der Waals surface area contributed by atoms with E-state index in [0.29, 0.717) is 0 Å².